The van der Waals surface area contributed by atoms with E-state index >= 15 is 0 Å². The quantitative estimate of drug-likeness (QED) is 0.234. The van der Waals surface area contributed by atoms with Crippen molar-refractivity contribution in [2.75, 3.05) is 0 Å². The van der Waals surface area contributed by atoms with Crippen molar-refractivity contribution in [3.8, 4) is 0 Å². The van der Waals surface area contributed by atoms with Gasteiger partial charge in [-0.2, -0.15) is 0 Å². The van der Waals surface area contributed by atoms with Gasteiger partial charge in [-0.25, -0.2) is 0 Å². The molecule has 0 aliphatic heterocycles. The summed E-state index contributed by atoms with van der Waals surface area (Å²) in [5.41, 5.74) is 0. The molecule has 4 heteroatoms. The third-order valence-electron chi connectivity index (χ3n) is 4.39. The molecule has 4 nitrogen and oxygen atoms in total. The van der Waals surface area contributed by atoms with Crippen molar-refractivity contribution in [1.82, 2.24) is 5.32 Å². The van der Waals surface area contributed by atoms with Crippen molar-refractivity contribution in [3.63, 3.8) is 0 Å². The second kappa shape index (κ2) is 14.5. The lowest BCUT2D eigenvalue weighted by Gasteiger charge is -2.25. The van der Waals surface area contributed by atoms with Crippen molar-refractivity contribution in [2.24, 2.45) is 0 Å². The predicted molar refractivity (Wildman–Crippen MR) is 101 cm³/mol. The minimum absolute atomic E-state index is 0.270. The van der Waals surface area contributed by atoms with Gasteiger partial charge in [0.2, 0.25) is 11.7 Å². The second-order valence-electron chi connectivity index (χ2n) is 6.93. The Morgan fingerprint density at radius 1 is 0.958 bits per heavy atom. The normalized spacial score (nSPS) is 13.4. The molecular formula is C20H39NO3. The molecule has 0 aromatic carbocycles. The van der Waals surface area contributed by atoms with Gasteiger partial charge in [0.25, 0.3) is 0 Å². The highest BCUT2D eigenvalue weighted by molar-refractivity contribution is 5.73. The Hall–Kier alpha value is -0.870. The zero-order chi connectivity index (χ0) is 18.3. The van der Waals surface area contributed by atoms with Crippen LogP contribution in [0.1, 0.15) is 97.8 Å². The summed E-state index contributed by atoms with van der Waals surface area (Å²) >= 11 is 0. The summed E-state index contributed by atoms with van der Waals surface area (Å²) in [6, 6.07) is -0.719. The van der Waals surface area contributed by atoms with E-state index in [0.717, 1.165) is 12.8 Å². The van der Waals surface area contributed by atoms with E-state index in [4.69, 9.17) is 0 Å². The lowest BCUT2D eigenvalue weighted by molar-refractivity contribution is -0.147. The summed E-state index contributed by atoms with van der Waals surface area (Å²) < 4.78 is 0. The van der Waals surface area contributed by atoms with Crippen LogP contribution >= 0.6 is 0 Å². The molecule has 0 aromatic rings. The van der Waals surface area contributed by atoms with Crippen molar-refractivity contribution in [2.45, 2.75) is 110 Å². The number of nitrogens with one attached hydrogen (secondary N) is 1. The molecule has 0 aromatic heterocycles. The van der Waals surface area contributed by atoms with Crippen LogP contribution in [0.3, 0.4) is 0 Å². The van der Waals surface area contributed by atoms with Crippen LogP contribution in [-0.2, 0) is 4.79 Å². The highest BCUT2D eigenvalue weighted by Gasteiger charge is 2.28. The van der Waals surface area contributed by atoms with Crippen molar-refractivity contribution < 1.29 is 15.0 Å². The van der Waals surface area contributed by atoms with E-state index < -0.39 is 11.8 Å². The van der Waals surface area contributed by atoms with E-state index in [2.05, 4.69) is 12.2 Å². The molecule has 0 radical (unpaired) electrons. The molecule has 24 heavy (non-hydrogen) atoms. The van der Waals surface area contributed by atoms with Gasteiger partial charge in [-0.1, -0.05) is 77.2 Å². The number of allylic oxidation sites excluding steroid dienone is 1. The number of hydrogen-bond acceptors (Lipinski definition) is 3. The van der Waals surface area contributed by atoms with E-state index in [0.29, 0.717) is 0 Å². The Balaban J connectivity index is 3.53. The molecule has 1 unspecified atom stereocenters. The first-order valence-electron chi connectivity index (χ1n) is 9.79. The minimum Gasteiger partial charge on any atom is -0.361 e. The number of aliphatic hydroxyl groups is 2. The summed E-state index contributed by atoms with van der Waals surface area (Å²) in [6.45, 7) is 5.19. The van der Waals surface area contributed by atoms with E-state index in [1.807, 2.05) is 0 Å². The third-order valence-corrected chi connectivity index (χ3v) is 4.39. The second-order valence-corrected chi connectivity index (χ2v) is 6.93. The van der Waals surface area contributed by atoms with Gasteiger partial charge in [0.05, 0.1) is 6.04 Å². The maximum atomic E-state index is 10.9. The molecule has 0 aliphatic carbocycles. The first kappa shape index (κ1) is 23.1. The fraction of sp³-hybridized carbons (Fsp3) is 0.850. The Morgan fingerprint density at radius 2 is 1.42 bits per heavy atom. The zero-order valence-corrected chi connectivity index (χ0v) is 16.0. The lowest BCUT2D eigenvalue weighted by Crippen LogP contribution is -2.49. The summed E-state index contributed by atoms with van der Waals surface area (Å²) in [5.74, 6) is -2.25. The molecular weight excluding hydrogens is 302 g/mol. The number of unbranched alkanes of at least 4 members (excludes halogenated alkanes) is 11. The fourth-order valence-electron chi connectivity index (χ4n) is 2.74. The van der Waals surface area contributed by atoms with Crippen LogP contribution in [0.2, 0.25) is 0 Å². The maximum absolute atomic E-state index is 10.9. The molecule has 0 heterocycles. The number of carbonyl (C=O) groups is 1. The van der Waals surface area contributed by atoms with Gasteiger partial charge in [-0.05, 0) is 25.8 Å². The van der Waals surface area contributed by atoms with Crippen LogP contribution in [0, 0.1) is 0 Å². The summed E-state index contributed by atoms with van der Waals surface area (Å²) in [4.78, 5) is 10.9. The average Bonchev–Trinajstić information content (AvgIpc) is 2.51. The summed E-state index contributed by atoms with van der Waals surface area (Å²) in [7, 11) is 0. The molecule has 0 spiro atoms. The monoisotopic (exact) mass is 341 g/mol. The lowest BCUT2D eigenvalue weighted by atomic mass is 10.0. The number of rotatable bonds is 15. The zero-order valence-electron chi connectivity index (χ0n) is 16.0. The molecule has 0 saturated carbocycles. The van der Waals surface area contributed by atoms with E-state index in [1.54, 1.807) is 13.0 Å². The van der Waals surface area contributed by atoms with Gasteiger partial charge in [0.15, 0.2) is 0 Å². The minimum atomic E-state index is -1.98. The van der Waals surface area contributed by atoms with Gasteiger partial charge in [0, 0.05) is 6.92 Å². The predicted octanol–water partition coefficient (Wildman–Crippen LogP) is 4.45. The third kappa shape index (κ3) is 13.6. The topological polar surface area (TPSA) is 69.6 Å². The van der Waals surface area contributed by atoms with E-state index in [-0.39, 0.29) is 5.91 Å². The van der Waals surface area contributed by atoms with E-state index in [9.17, 15) is 15.0 Å². The van der Waals surface area contributed by atoms with Crippen LogP contribution in [0.5, 0.6) is 0 Å². The highest BCUT2D eigenvalue weighted by atomic mass is 16.5. The molecule has 0 aliphatic rings. The van der Waals surface area contributed by atoms with E-state index in [1.165, 1.54) is 77.2 Å². The molecule has 1 amide bonds. The van der Waals surface area contributed by atoms with Crippen molar-refractivity contribution in [1.29, 1.82) is 0 Å². The summed E-state index contributed by atoms with van der Waals surface area (Å²) in [6.07, 6.45) is 18.4. The fourth-order valence-corrected chi connectivity index (χ4v) is 2.74. The van der Waals surface area contributed by atoms with Gasteiger partial charge in [-0.3, -0.25) is 4.79 Å². The van der Waals surface area contributed by atoms with Crippen LogP contribution in [0.4, 0.5) is 0 Å². The van der Waals surface area contributed by atoms with Gasteiger partial charge < -0.3 is 15.5 Å². The molecule has 3 N–H and O–H groups in total. The molecule has 0 rings (SSSR count). The molecule has 1 atom stereocenters. The first-order chi connectivity index (χ1) is 11.4. The number of carbonyl (C=O) groups excluding carboxylic acids is 1. The van der Waals surface area contributed by atoms with Gasteiger partial charge in [-0.15, -0.1) is 0 Å². The van der Waals surface area contributed by atoms with Crippen LogP contribution < -0.4 is 5.32 Å². The maximum Gasteiger partial charge on any atom is 0.217 e. The first-order valence-corrected chi connectivity index (χ1v) is 9.79. The molecule has 0 bridgehead atoms. The van der Waals surface area contributed by atoms with Crippen LogP contribution in [0.15, 0.2) is 12.2 Å². The van der Waals surface area contributed by atoms with Crippen molar-refractivity contribution in [3.05, 3.63) is 12.2 Å². The highest BCUT2D eigenvalue weighted by Crippen LogP contribution is 2.13. The van der Waals surface area contributed by atoms with Crippen LogP contribution in [0.25, 0.3) is 0 Å². The summed E-state index contributed by atoms with van der Waals surface area (Å²) in [5, 5.41) is 22.2. The Morgan fingerprint density at radius 3 is 1.88 bits per heavy atom. The molecule has 142 valence electrons. The SMILES string of the molecule is CCCCCCCCCCCCC/C=C/C(O)(O)C(C)NC(C)=O. The van der Waals surface area contributed by atoms with Crippen molar-refractivity contribution >= 4 is 5.91 Å². The number of hydrogen-bond donors (Lipinski definition) is 3. The standard InChI is InChI=1S/C20H39NO3/c1-4-5-6-7-8-9-10-11-12-13-14-15-16-17-20(23,24)18(2)21-19(3)22/h16-18,23-24H,4-15H2,1-3H3,(H,21,22)/b17-16+. The number of amides is 1. The van der Waals surface area contributed by atoms with Crippen LogP contribution in [-0.4, -0.2) is 27.9 Å². The largest absolute Gasteiger partial charge is 0.361 e. The Bertz CT molecular complexity index is 340. The van der Waals surface area contributed by atoms with Gasteiger partial charge in [0.1, 0.15) is 0 Å². The molecule has 0 fully saturated rings. The smallest absolute Gasteiger partial charge is 0.217 e. The van der Waals surface area contributed by atoms with Gasteiger partial charge >= 0.3 is 0 Å². The Kier molecular flexibility index (Phi) is 13.9. The molecule has 0 saturated heterocycles. The Labute approximate surface area is 148 Å². The average molecular weight is 342 g/mol.